The first-order chi connectivity index (χ1) is 20.7. The van der Waals surface area contributed by atoms with Crippen molar-refractivity contribution >= 4 is 5.97 Å². The lowest BCUT2D eigenvalue weighted by Crippen LogP contribution is -2.27. The van der Waals surface area contributed by atoms with Crippen LogP contribution in [0, 0.1) is 0 Å². The number of ether oxygens (including phenoxy) is 2. The molecule has 4 nitrogen and oxygen atoms in total. The molecule has 238 valence electrons. The summed E-state index contributed by atoms with van der Waals surface area (Å²) in [6, 6.07) is 0. The van der Waals surface area contributed by atoms with Gasteiger partial charge in [0.2, 0.25) is 0 Å². The first-order valence-electron chi connectivity index (χ1n) is 16.7. The van der Waals surface area contributed by atoms with Crippen LogP contribution in [-0.4, -0.2) is 37.0 Å². The van der Waals surface area contributed by atoms with Gasteiger partial charge in [-0.05, 0) is 70.6 Å². The van der Waals surface area contributed by atoms with E-state index in [0.717, 1.165) is 51.4 Å². The zero-order valence-electron chi connectivity index (χ0n) is 27.0. The summed E-state index contributed by atoms with van der Waals surface area (Å²) in [6.07, 6.45) is 47.7. The Bertz CT molecular complexity index is 785. The standard InChI is InChI=1S/C38H62O4/c1-3-5-7-9-11-13-15-16-17-18-19-20-21-22-23-25-27-29-31-33-38(40)42-37(35-39)36-41-34-32-30-28-26-24-14-12-10-8-6-4-2/h5,7-8,10-11,13,16-17,19-20,22-23,27,29,37,39H,3-4,6,9,12,14-15,18,21,24-26,28,30-36H2,1-2H3/b7-5-,10-8-,13-11-,17-16-,20-19-,23-22-,29-27-. The minimum Gasteiger partial charge on any atom is -0.457 e. The van der Waals surface area contributed by atoms with E-state index in [1.165, 1.54) is 44.9 Å². The molecule has 0 fully saturated rings. The van der Waals surface area contributed by atoms with Crippen LogP contribution in [0.15, 0.2) is 85.1 Å². The third-order valence-electron chi connectivity index (χ3n) is 6.45. The second-order valence-corrected chi connectivity index (χ2v) is 10.5. The van der Waals surface area contributed by atoms with E-state index in [1.54, 1.807) is 0 Å². The molecule has 1 atom stereocenters. The lowest BCUT2D eigenvalue weighted by atomic mass is 10.1. The van der Waals surface area contributed by atoms with E-state index >= 15 is 0 Å². The molecule has 0 aromatic carbocycles. The largest absolute Gasteiger partial charge is 0.457 e. The summed E-state index contributed by atoms with van der Waals surface area (Å²) in [6.45, 7) is 5.05. The average Bonchev–Trinajstić information content (AvgIpc) is 3.00. The highest BCUT2D eigenvalue weighted by molar-refractivity contribution is 5.69. The fourth-order valence-electron chi connectivity index (χ4n) is 4.00. The Labute approximate surface area is 259 Å². The quantitative estimate of drug-likeness (QED) is 0.0541. The van der Waals surface area contributed by atoms with Crippen LogP contribution in [0.5, 0.6) is 0 Å². The number of unbranched alkanes of at least 4 members (excludes halogenated alkanes) is 7. The van der Waals surface area contributed by atoms with Crippen LogP contribution in [-0.2, 0) is 14.3 Å². The van der Waals surface area contributed by atoms with Gasteiger partial charge in [-0.3, -0.25) is 4.79 Å². The Balaban J connectivity index is 3.68. The molecule has 0 heterocycles. The van der Waals surface area contributed by atoms with Gasteiger partial charge < -0.3 is 14.6 Å². The van der Waals surface area contributed by atoms with Crippen molar-refractivity contribution in [1.82, 2.24) is 0 Å². The highest BCUT2D eigenvalue weighted by Gasteiger charge is 2.13. The summed E-state index contributed by atoms with van der Waals surface area (Å²) in [4.78, 5) is 12.1. The molecule has 0 amide bonds. The van der Waals surface area contributed by atoms with Crippen molar-refractivity contribution in [3.63, 3.8) is 0 Å². The summed E-state index contributed by atoms with van der Waals surface area (Å²) in [7, 11) is 0. The van der Waals surface area contributed by atoms with E-state index < -0.39 is 6.10 Å². The summed E-state index contributed by atoms with van der Waals surface area (Å²) < 4.78 is 11.0. The third kappa shape index (κ3) is 32.1. The lowest BCUT2D eigenvalue weighted by Gasteiger charge is -2.15. The van der Waals surface area contributed by atoms with Crippen molar-refractivity contribution in [3.8, 4) is 0 Å². The lowest BCUT2D eigenvalue weighted by molar-refractivity contribution is -0.154. The van der Waals surface area contributed by atoms with Gasteiger partial charge in [0.15, 0.2) is 0 Å². The minimum absolute atomic E-state index is 0.210. The number of esters is 1. The zero-order chi connectivity index (χ0) is 30.6. The normalized spacial score (nSPS) is 13.5. The van der Waals surface area contributed by atoms with Crippen LogP contribution >= 0.6 is 0 Å². The molecule has 0 aliphatic carbocycles. The Morgan fingerprint density at radius 3 is 1.62 bits per heavy atom. The molecule has 0 aromatic rings. The maximum absolute atomic E-state index is 12.1. The Morgan fingerprint density at radius 1 is 0.595 bits per heavy atom. The van der Waals surface area contributed by atoms with E-state index in [9.17, 15) is 9.90 Å². The van der Waals surface area contributed by atoms with Gasteiger partial charge in [0.25, 0.3) is 0 Å². The minimum atomic E-state index is -0.580. The molecule has 0 spiro atoms. The molecule has 4 heteroatoms. The number of carbonyl (C=O) groups is 1. The van der Waals surface area contributed by atoms with E-state index in [2.05, 4.69) is 92.8 Å². The second-order valence-electron chi connectivity index (χ2n) is 10.5. The fraction of sp³-hybridized carbons (Fsp3) is 0.605. The molecule has 0 bridgehead atoms. The van der Waals surface area contributed by atoms with E-state index in [1.807, 2.05) is 6.08 Å². The number of hydrogen-bond donors (Lipinski definition) is 1. The molecule has 0 radical (unpaired) electrons. The summed E-state index contributed by atoms with van der Waals surface area (Å²) in [5.74, 6) is -0.290. The number of allylic oxidation sites excluding steroid dienone is 14. The zero-order valence-corrected chi connectivity index (χ0v) is 27.0. The molecule has 0 aromatic heterocycles. The molecule has 0 aliphatic heterocycles. The number of aliphatic hydroxyl groups is 1. The second kappa shape index (κ2) is 34.8. The smallest absolute Gasteiger partial charge is 0.306 e. The number of aliphatic hydroxyl groups excluding tert-OH is 1. The third-order valence-corrected chi connectivity index (χ3v) is 6.45. The van der Waals surface area contributed by atoms with E-state index in [4.69, 9.17) is 9.47 Å². The molecule has 0 saturated carbocycles. The number of carbonyl (C=O) groups excluding carboxylic acids is 1. The van der Waals surface area contributed by atoms with Gasteiger partial charge in [0.1, 0.15) is 6.10 Å². The molecule has 1 N–H and O–H groups in total. The van der Waals surface area contributed by atoms with Crippen LogP contribution < -0.4 is 0 Å². The van der Waals surface area contributed by atoms with Gasteiger partial charge in [-0.2, -0.15) is 0 Å². The Kier molecular flexibility index (Phi) is 32.8. The Morgan fingerprint density at radius 2 is 1.07 bits per heavy atom. The van der Waals surface area contributed by atoms with Gasteiger partial charge in [0.05, 0.1) is 13.2 Å². The molecule has 42 heavy (non-hydrogen) atoms. The molecule has 0 saturated heterocycles. The van der Waals surface area contributed by atoms with Crippen LogP contribution in [0.3, 0.4) is 0 Å². The van der Waals surface area contributed by atoms with Gasteiger partial charge >= 0.3 is 5.97 Å². The number of hydrogen-bond acceptors (Lipinski definition) is 4. The topological polar surface area (TPSA) is 55.8 Å². The highest BCUT2D eigenvalue weighted by Crippen LogP contribution is 2.09. The van der Waals surface area contributed by atoms with Crippen molar-refractivity contribution in [3.05, 3.63) is 85.1 Å². The molecule has 0 rings (SSSR count). The fourth-order valence-corrected chi connectivity index (χ4v) is 4.00. The highest BCUT2D eigenvalue weighted by atomic mass is 16.6. The van der Waals surface area contributed by atoms with E-state index in [-0.39, 0.29) is 19.2 Å². The van der Waals surface area contributed by atoms with Gasteiger partial charge in [-0.15, -0.1) is 0 Å². The molecular formula is C38H62O4. The SMILES string of the molecule is CC/C=C\C/C=C\C/C=C\C/C=C\C/C=C\C/C=C\CCC(=O)OC(CO)COCCCCCCCC/C=C\CCC. The van der Waals surface area contributed by atoms with Crippen molar-refractivity contribution in [2.45, 2.75) is 129 Å². The summed E-state index contributed by atoms with van der Waals surface area (Å²) in [5.41, 5.74) is 0. The van der Waals surface area contributed by atoms with Crippen LogP contribution in [0.1, 0.15) is 123 Å². The summed E-state index contributed by atoms with van der Waals surface area (Å²) in [5, 5.41) is 9.50. The van der Waals surface area contributed by atoms with Crippen molar-refractivity contribution in [1.29, 1.82) is 0 Å². The van der Waals surface area contributed by atoms with Gasteiger partial charge in [0, 0.05) is 13.0 Å². The van der Waals surface area contributed by atoms with Gasteiger partial charge in [-0.1, -0.05) is 131 Å². The van der Waals surface area contributed by atoms with Crippen molar-refractivity contribution < 1.29 is 19.4 Å². The van der Waals surface area contributed by atoms with Crippen LogP contribution in [0.2, 0.25) is 0 Å². The molecule has 1 unspecified atom stereocenters. The maximum Gasteiger partial charge on any atom is 0.306 e. The number of rotatable bonds is 29. The van der Waals surface area contributed by atoms with Crippen LogP contribution in [0.25, 0.3) is 0 Å². The van der Waals surface area contributed by atoms with Gasteiger partial charge in [-0.25, -0.2) is 0 Å². The summed E-state index contributed by atoms with van der Waals surface area (Å²) >= 11 is 0. The van der Waals surface area contributed by atoms with E-state index in [0.29, 0.717) is 19.4 Å². The molecule has 0 aliphatic rings. The average molecular weight is 583 g/mol. The first kappa shape index (κ1) is 39.6. The van der Waals surface area contributed by atoms with Crippen molar-refractivity contribution in [2.75, 3.05) is 19.8 Å². The predicted octanol–water partition coefficient (Wildman–Crippen LogP) is 10.5. The monoisotopic (exact) mass is 582 g/mol. The predicted molar refractivity (Wildman–Crippen MR) is 182 cm³/mol. The Hall–Kier alpha value is -2.43. The first-order valence-corrected chi connectivity index (χ1v) is 16.7. The maximum atomic E-state index is 12.1. The van der Waals surface area contributed by atoms with Crippen LogP contribution in [0.4, 0.5) is 0 Å². The van der Waals surface area contributed by atoms with Crippen molar-refractivity contribution in [2.24, 2.45) is 0 Å². The molecular weight excluding hydrogens is 520 g/mol.